The number of ketones is 1. The Labute approximate surface area is 111 Å². The molecule has 2 aromatic rings. The average molecular weight is 258 g/mol. The predicted molar refractivity (Wildman–Crippen MR) is 68.9 cm³/mol. The highest BCUT2D eigenvalue weighted by Gasteiger charge is 2.12. The Hall–Kier alpha value is -2.36. The molecule has 19 heavy (non-hydrogen) atoms. The SMILES string of the molecule is COC(=O)Cc1ccc(CC(=O)c2ccccc2)o1. The third kappa shape index (κ3) is 3.55. The fraction of sp³-hybridized carbons (Fsp3) is 0.200. The first-order valence-corrected chi connectivity index (χ1v) is 5.91. The Morgan fingerprint density at radius 3 is 2.26 bits per heavy atom. The topological polar surface area (TPSA) is 56.5 Å². The normalized spacial score (nSPS) is 10.2. The standard InChI is InChI=1S/C15H14O4/c1-18-15(17)10-13-8-7-12(19-13)9-14(16)11-5-3-2-4-6-11/h2-8H,9-10H2,1H3. The molecule has 0 radical (unpaired) electrons. The minimum Gasteiger partial charge on any atom is -0.469 e. The lowest BCUT2D eigenvalue weighted by Gasteiger charge is -1.98. The fourth-order valence-electron chi connectivity index (χ4n) is 1.71. The maximum absolute atomic E-state index is 12.0. The minimum atomic E-state index is -0.365. The summed E-state index contributed by atoms with van der Waals surface area (Å²) in [6.07, 6.45) is 0.265. The third-order valence-corrected chi connectivity index (χ3v) is 2.69. The highest BCUT2D eigenvalue weighted by atomic mass is 16.5. The maximum Gasteiger partial charge on any atom is 0.313 e. The Bertz CT molecular complexity index is 569. The van der Waals surface area contributed by atoms with Gasteiger partial charge in [0.15, 0.2) is 5.78 Å². The second-order valence-corrected chi connectivity index (χ2v) is 4.09. The van der Waals surface area contributed by atoms with Gasteiger partial charge < -0.3 is 9.15 Å². The monoisotopic (exact) mass is 258 g/mol. The van der Waals surface area contributed by atoms with Crippen LogP contribution in [0.25, 0.3) is 0 Å². The van der Waals surface area contributed by atoms with Crippen molar-refractivity contribution in [2.45, 2.75) is 12.8 Å². The van der Waals surface area contributed by atoms with E-state index in [0.717, 1.165) is 0 Å². The first-order chi connectivity index (χ1) is 9.19. The number of rotatable bonds is 5. The molecule has 0 spiro atoms. The fourth-order valence-corrected chi connectivity index (χ4v) is 1.71. The smallest absolute Gasteiger partial charge is 0.313 e. The summed E-state index contributed by atoms with van der Waals surface area (Å²) in [4.78, 5) is 23.0. The number of carbonyl (C=O) groups excluding carboxylic acids is 2. The predicted octanol–water partition coefficient (Wildman–Crippen LogP) is 2.42. The van der Waals surface area contributed by atoms with E-state index in [2.05, 4.69) is 4.74 Å². The molecule has 1 aromatic heterocycles. The van der Waals surface area contributed by atoms with Crippen LogP contribution in [0.5, 0.6) is 0 Å². The molecule has 0 saturated carbocycles. The molecule has 0 amide bonds. The highest BCUT2D eigenvalue weighted by Crippen LogP contribution is 2.12. The zero-order valence-corrected chi connectivity index (χ0v) is 10.6. The van der Waals surface area contributed by atoms with Crippen LogP contribution in [0.2, 0.25) is 0 Å². The molecule has 0 bridgehead atoms. The summed E-state index contributed by atoms with van der Waals surface area (Å²) >= 11 is 0. The number of furan rings is 1. The molecule has 0 unspecified atom stereocenters. The van der Waals surface area contributed by atoms with Crippen LogP contribution in [0.3, 0.4) is 0 Å². The van der Waals surface area contributed by atoms with Crippen LogP contribution in [-0.4, -0.2) is 18.9 Å². The van der Waals surface area contributed by atoms with Crippen molar-refractivity contribution in [2.24, 2.45) is 0 Å². The Morgan fingerprint density at radius 1 is 1.00 bits per heavy atom. The second kappa shape index (κ2) is 6.00. The third-order valence-electron chi connectivity index (χ3n) is 2.69. The number of esters is 1. The summed E-state index contributed by atoms with van der Waals surface area (Å²) in [6.45, 7) is 0. The molecule has 4 nitrogen and oxygen atoms in total. The van der Waals surface area contributed by atoms with Crippen molar-refractivity contribution in [2.75, 3.05) is 7.11 Å². The molecule has 98 valence electrons. The number of methoxy groups -OCH3 is 1. The molecule has 4 heteroatoms. The zero-order chi connectivity index (χ0) is 13.7. The van der Waals surface area contributed by atoms with Gasteiger partial charge in [-0.3, -0.25) is 9.59 Å². The first kappa shape index (κ1) is 13.1. The summed E-state index contributed by atoms with van der Waals surface area (Å²) in [7, 11) is 1.32. The minimum absolute atomic E-state index is 0.0143. The van der Waals surface area contributed by atoms with E-state index in [0.29, 0.717) is 17.1 Å². The van der Waals surface area contributed by atoms with E-state index in [-0.39, 0.29) is 24.6 Å². The van der Waals surface area contributed by atoms with E-state index < -0.39 is 0 Å². The molecule has 1 heterocycles. The second-order valence-electron chi connectivity index (χ2n) is 4.09. The number of ether oxygens (including phenoxy) is 1. The van der Waals surface area contributed by atoms with Gasteiger partial charge in [0.25, 0.3) is 0 Å². The van der Waals surface area contributed by atoms with Gasteiger partial charge in [-0.05, 0) is 12.1 Å². The summed E-state index contributed by atoms with van der Waals surface area (Å²) in [5.41, 5.74) is 0.647. The Kier molecular flexibility index (Phi) is 4.13. The highest BCUT2D eigenvalue weighted by molar-refractivity contribution is 5.97. The molecular formula is C15H14O4. The maximum atomic E-state index is 12.0. The van der Waals surface area contributed by atoms with Crippen LogP contribution >= 0.6 is 0 Å². The lowest BCUT2D eigenvalue weighted by molar-refractivity contribution is -0.140. The molecule has 2 rings (SSSR count). The van der Waals surface area contributed by atoms with Crippen molar-refractivity contribution in [1.82, 2.24) is 0 Å². The van der Waals surface area contributed by atoms with Gasteiger partial charge in [0, 0.05) is 5.56 Å². The first-order valence-electron chi connectivity index (χ1n) is 5.91. The molecule has 0 N–H and O–H groups in total. The van der Waals surface area contributed by atoms with E-state index in [9.17, 15) is 9.59 Å². The molecule has 0 aliphatic carbocycles. The molecule has 0 saturated heterocycles. The van der Waals surface area contributed by atoms with E-state index in [1.807, 2.05) is 18.2 Å². The molecule has 0 fully saturated rings. The van der Waals surface area contributed by atoms with E-state index in [1.54, 1.807) is 24.3 Å². The molecule has 0 aliphatic rings. The van der Waals surface area contributed by atoms with E-state index in [4.69, 9.17) is 4.42 Å². The molecule has 1 aromatic carbocycles. The van der Waals surface area contributed by atoms with Crippen LogP contribution in [0.1, 0.15) is 21.9 Å². The number of Topliss-reactive ketones (excluding diaryl/α,β-unsaturated/α-hetero) is 1. The molecule has 0 aliphatic heterocycles. The van der Waals surface area contributed by atoms with Crippen molar-refractivity contribution in [3.8, 4) is 0 Å². The van der Waals surface area contributed by atoms with Gasteiger partial charge in [-0.15, -0.1) is 0 Å². The quantitative estimate of drug-likeness (QED) is 0.610. The van der Waals surface area contributed by atoms with E-state index >= 15 is 0 Å². The number of carbonyl (C=O) groups is 2. The lowest BCUT2D eigenvalue weighted by Crippen LogP contribution is -2.04. The Morgan fingerprint density at radius 2 is 1.63 bits per heavy atom. The van der Waals surface area contributed by atoms with Gasteiger partial charge in [0.05, 0.1) is 13.5 Å². The number of hydrogen-bond acceptors (Lipinski definition) is 4. The van der Waals surface area contributed by atoms with Gasteiger partial charge in [0.1, 0.15) is 17.9 Å². The molecular weight excluding hydrogens is 244 g/mol. The zero-order valence-electron chi connectivity index (χ0n) is 10.6. The van der Waals surface area contributed by atoms with Gasteiger partial charge in [-0.2, -0.15) is 0 Å². The summed E-state index contributed by atoms with van der Waals surface area (Å²) < 4.78 is 9.97. The van der Waals surface area contributed by atoms with E-state index in [1.165, 1.54) is 7.11 Å². The van der Waals surface area contributed by atoms with Crippen LogP contribution in [0.4, 0.5) is 0 Å². The number of hydrogen-bond donors (Lipinski definition) is 0. The summed E-state index contributed by atoms with van der Waals surface area (Å²) in [5, 5.41) is 0. The van der Waals surface area contributed by atoms with Crippen molar-refractivity contribution in [3.05, 3.63) is 59.5 Å². The van der Waals surface area contributed by atoms with Crippen LogP contribution in [0.15, 0.2) is 46.9 Å². The van der Waals surface area contributed by atoms with Crippen molar-refractivity contribution >= 4 is 11.8 Å². The van der Waals surface area contributed by atoms with Gasteiger partial charge in [0.2, 0.25) is 0 Å². The van der Waals surface area contributed by atoms with Crippen LogP contribution in [-0.2, 0) is 22.4 Å². The Balaban J connectivity index is 2.00. The van der Waals surface area contributed by atoms with Crippen LogP contribution < -0.4 is 0 Å². The van der Waals surface area contributed by atoms with Gasteiger partial charge >= 0.3 is 5.97 Å². The van der Waals surface area contributed by atoms with Crippen molar-refractivity contribution < 1.29 is 18.7 Å². The molecule has 0 atom stereocenters. The summed E-state index contributed by atoms with van der Waals surface area (Å²) in [5.74, 6) is 0.672. The van der Waals surface area contributed by atoms with Crippen LogP contribution in [0, 0.1) is 0 Å². The average Bonchev–Trinajstić information content (AvgIpc) is 2.86. The number of benzene rings is 1. The van der Waals surface area contributed by atoms with Gasteiger partial charge in [-0.1, -0.05) is 30.3 Å². The largest absolute Gasteiger partial charge is 0.469 e. The van der Waals surface area contributed by atoms with Crippen molar-refractivity contribution in [1.29, 1.82) is 0 Å². The van der Waals surface area contributed by atoms with Gasteiger partial charge in [-0.25, -0.2) is 0 Å². The summed E-state index contributed by atoms with van der Waals surface area (Å²) in [6, 6.07) is 12.4. The lowest BCUT2D eigenvalue weighted by atomic mass is 10.1. The van der Waals surface area contributed by atoms with Crippen molar-refractivity contribution in [3.63, 3.8) is 0 Å².